The van der Waals surface area contributed by atoms with Gasteiger partial charge in [-0.1, -0.05) is 6.92 Å². The number of aromatic nitrogens is 2. The Labute approximate surface area is 121 Å². The molecular formula is C14H17N3O4. The number of carboxylic acid groups (broad SMARTS) is 1. The molecule has 2 rings (SSSR count). The van der Waals surface area contributed by atoms with E-state index in [4.69, 9.17) is 9.52 Å². The Balaban J connectivity index is 2.24. The maximum atomic E-state index is 12.1. The second kappa shape index (κ2) is 6.25. The normalized spacial score (nSPS) is 10.6. The summed E-state index contributed by atoms with van der Waals surface area (Å²) in [5, 5.41) is 13.1. The van der Waals surface area contributed by atoms with Crippen LogP contribution in [0.5, 0.6) is 0 Å². The van der Waals surface area contributed by atoms with E-state index in [1.54, 1.807) is 6.20 Å². The van der Waals surface area contributed by atoms with Crippen LogP contribution in [0.25, 0.3) is 0 Å². The summed E-state index contributed by atoms with van der Waals surface area (Å²) >= 11 is 0. The molecule has 7 nitrogen and oxygen atoms in total. The molecule has 0 saturated carbocycles. The molecule has 0 atom stereocenters. The van der Waals surface area contributed by atoms with Crippen molar-refractivity contribution in [1.29, 1.82) is 0 Å². The molecule has 7 heteroatoms. The molecule has 0 aliphatic rings. The standard InChI is InChI=1S/C14H17N3O4/c1-3-5-16(2)11-7-12(18)17(15-8-11)9-10-4-6-21-13(10)14(19)20/h4,6-8H,3,5,9H2,1-2H3,(H,19,20). The summed E-state index contributed by atoms with van der Waals surface area (Å²) in [7, 11) is 1.89. The lowest BCUT2D eigenvalue weighted by Gasteiger charge is -2.17. The highest BCUT2D eigenvalue weighted by molar-refractivity contribution is 5.86. The van der Waals surface area contributed by atoms with Gasteiger partial charge in [-0.05, 0) is 12.5 Å². The fraction of sp³-hybridized carbons (Fsp3) is 0.357. The molecule has 0 spiro atoms. The van der Waals surface area contributed by atoms with Crippen molar-refractivity contribution in [2.45, 2.75) is 19.9 Å². The van der Waals surface area contributed by atoms with Gasteiger partial charge in [0.15, 0.2) is 0 Å². The predicted molar refractivity (Wildman–Crippen MR) is 76.8 cm³/mol. The lowest BCUT2D eigenvalue weighted by molar-refractivity contribution is 0.0660. The van der Waals surface area contributed by atoms with Gasteiger partial charge in [0, 0.05) is 25.2 Å². The van der Waals surface area contributed by atoms with Crippen LogP contribution in [0.1, 0.15) is 29.5 Å². The summed E-state index contributed by atoms with van der Waals surface area (Å²) in [5.41, 5.74) is 0.864. The number of aromatic carboxylic acids is 1. The van der Waals surface area contributed by atoms with Gasteiger partial charge in [0.2, 0.25) is 5.76 Å². The average molecular weight is 291 g/mol. The second-order valence-electron chi connectivity index (χ2n) is 4.71. The maximum Gasteiger partial charge on any atom is 0.372 e. The van der Waals surface area contributed by atoms with Crippen LogP contribution in [0.4, 0.5) is 5.69 Å². The molecule has 0 aliphatic heterocycles. The van der Waals surface area contributed by atoms with Gasteiger partial charge < -0.3 is 14.4 Å². The summed E-state index contributed by atoms with van der Waals surface area (Å²) in [6.07, 6.45) is 3.85. The third kappa shape index (κ3) is 3.31. The van der Waals surface area contributed by atoms with Gasteiger partial charge in [-0.3, -0.25) is 4.79 Å². The Hall–Kier alpha value is -2.57. The number of carbonyl (C=O) groups is 1. The van der Waals surface area contributed by atoms with E-state index < -0.39 is 5.97 Å². The van der Waals surface area contributed by atoms with Crippen molar-refractivity contribution in [2.75, 3.05) is 18.5 Å². The molecule has 1 N–H and O–H groups in total. The van der Waals surface area contributed by atoms with Gasteiger partial charge in [0.25, 0.3) is 5.56 Å². The Morgan fingerprint density at radius 2 is 2.29 bits per heavy atom. The van der Waals surface area contributed by atoms with E-state index in [1.807, 2.05) is 11.9 Å². The van der Waals surface area contributed by atoms with Gasteiger partial charge in [-0.2, -0.15) is 5.10 Å². The van der Waals surface area contributed by atoms with Crippen molar-refractivity contribution in [2.24, 2.45) is 0 Å². The molecule has 2 aromatic heterocycles. The van der Waals surface area contributed by atoms with Gasteiger partial charge in [0.1, 0.15) is 0 Å². The molecular weight excluding hydrogens is 274 g/mol. The highest BCUT2D eigenvalue weighted by Crippen LogP contribution is 2.12. The zero-order chi connectivity index (χ0) is 15.4. The van der Waals surface area contributed by atoms with E-state index in [2.05, 4.69) is 12.0 Å². The Morgan fingerprint density at radius 1 is 1.52 bits per heavy atom. The third-order valence-corrected chi connectivity index (χ3v) is 3.12. The quantitative estimate of drug-likeness (QED) is 0.866. The smallest absolute Gasteiger partial charge is 0.372 e. The summed E-state index contributed by atoms with van der Waals surface area (Å²) in [6.45, 7) is 2.95. The molecule has 2 aromatic rings. The molecule has 0 bridgehead atoms. The Kier molecular flexibility index (Phi) is 4.42. The van der Waals surface area contributed by atoms with E-state index in [-0.39, 0.29) is 17.9 Å². The van der Waals surface area contributed by atoms with Crippen LogP contribution >= 0.6 is 0 Å². The number of rotatable bonds is 6. The SMILES string of the molecule is CCCN(C)c1cnn(Cc2ccoc2C(=O)O)c(=O)c1. The molecule has 0 saturated heterocycles. The minimum atomic E-state index is -1.16. The van der Waals surface area contributed by atoms with Gasteiger partial charge >= 0.3 is 5.97 Å². The third-order valence-electron chi connectivity index (χ3n) is 3.12. The number of anilines is 1. The number of hydrogen-bond acceptors (Lipinski definition) is 5. The molecule has 0 unspecified atom stereocenters. The highest BCUT2D eigenvalue weighted by Gasteiger charge is 2.15. The van der Waals surface area contributed by atoms with Crippen LogP contribution < -0.4 is 10.5 Å². The monoisotopic (exact) mass is 291 g/mol. The van der Waals surface area contributed by atoms with E-state index in [9.17, 15) is 9.59 Å². The lowest BCUT2D eigenvalue weighted by atomic mass is 10.2. The van der Waals surface area contributed by atoms with Gasteiger partial charge in [0.05, 0.1) is 24.7 Å². The Morgan fingerprint density at radius 3 is 2.90 bits per heavy atom. The fourth-order valence-electron chi connectivity index (χ4n) is 2.03. The minimum absolute atomic E-state index is 0.0642. The maximum absolute atomic E-state index is 12.1. The summed E-state index contributed by atoms with van der Waals surface area (Å²) in [5.74, 6) is -1.33. The second-order valence-corrected chi connectivity index (χ2v) is 4.71. The number of nitrogens with zero attached hydrogens (tertiary/aromatic N) is 3. The molecule has 2 heterocycles. The van der Waals surface area contributed by atoms with E-state index in [0.717, 1.165) is 18.7 Å². The predicted octanol–water partition coefficient (Wildman–Crippen LogP) is 1.43. The van der Waals surface area contributed by atoms with Crippen LogP contribution in [0.15, 0.2) is 33.8 Å². The minimum Gasteiger partial charge on any atom is -0.475 e. The molecule has 0 radical (unpaired) electrons. The number of hydrogen-bond donors (Lipinski definition) is 1. The van der Waals surface area contributed by atoms with Crippen LogP contribution in [0, 0.1) is 0 Å². The largest absolute Gasteiger partial charge is 0.475 e. The summed E-state index contributed by atoms with van der Waals surface area (Å²) < 4.78 is 6.09. The van der Waals surface area contributed by atoms with Crippen LogP contribution in [0.3, 0.4) is 0 Å². The van der Waals surface area contributed by atoms with E-state index in [0.29, 0.717) is 5.56 Å². The topological polar surface area (TPSA) is 88.6 Å². The first kappa shape index (κ1) is 14.8. The first-order chi connectivity index (χ1) is 10.0. The summed E-state index contributed by atoms with van der Waals surface area (Å²) in [4.78, 5) is 25.0. The molecule has 0 amide bonds. The van der Waals surface area contributed by atoms with E-state index >= 15 is 0 Å². The zero-order valence-corrected chi connectivity index (χ0v) is 11.9. The first-order valence-corrected chi connectivity index (χ1v) is 6.61. The van der Waals surface area contributed by atoms with Gasteiger partial charge in [-0.25, -0.2) is 9.48 Å². The average Bonchev–Trinajstić information content (AvgIpc) is 2.89. The Bertz CT molecular complexity index is 690. The summed E-state index contributed by atoms with van der Waals surface area (Å²) in [6, 6.07) is 3.01. The lowest BCUT2D eigenvalue weighted by Crippen LogP contribution is -2.26. The van der Waals surface area contributed by atoms with E-state index in [1.165, 1.54) is 23.1 Å². The fourth-order valence-corrected chi connectivity index (χ4v) is 2.03. The molecule has 0 aliphatic carbocycles. The van der Waals surface area contributed by atoms with Crippen molar-refractivity contribution in [3.05, 3.63) is 46.3 Å². The van der Waals surface area contributed by atoms with Crippen molar-refractivity contribution < 1.29 is 14.3 Å². The van der Waals surface area contributed by atoms with Crippen LogP contribution in [-0.4, -0.2) is 34.4 Å². The van der Waals surface area contributed by atoms with Gasteiger partial charge in [-0.15, -0.1) is 0 Å². The van der Waals surface area contributed by atoms with Crippen molar-refractivity contribution in [3.8, 4) is 0 Å². The van der Waals surface area contributed by atoms with Crippen molar-refractivity contribution in [3.63, 3.8) is 0 Å². The number of carboxylic acids is 1. The zero-order valence-electron chi connectivity index (χ0n) is 11.9. The van der Waals surface area contributed by atoms with Crippen LogP contribution in [0.2, 0.25) is 0 Å². The molecule has 0 aromatic carbocycles. The highest BCUT2D eigenvalue weighted by atomic mass is 16.4. The number of furan rings is 1. The van der Waals surface area contributed by atoms with Crippen molar-refractivity contribution >= 4 is 11.7 Å². The molecule has 0 fully saturated rings. The van der Waals surface area contributed by atoms with Crippen molar-refractivity contribution in [1.82, 2.24) is 9.78 Å². The molecule has 21 heavy (non-hydrogen) atoms. The molecule has 112 valence electrons. The first-order valence-electron chi connectivity index (χ1n) is 6.61. The van der Waals surface area contributed by atoms with Crippen LogP contribution in [-0.2, 0) is 6.54 Å².